The fourth-order valence-electron chi connectivity index (χ4n) is 2.56. The standard InChI is InChI=1S/C18H21N3O2/c1-13-11-16(21-20-13)18(22)19-12-14-7-5-6-10-17(14)23-15-8-3-2-4-9-15/h2-10,13,16,20-21H,11-12H2,1H3,(H,19,22). The average molecular weight is 311 g/mol. The molecule has 1 aliphatic rings. The van der Waals surface area contributed by atoms with E-state index in [9.17, 15) is 4.79 Å². The highest BCUT2D eigenvalue weighted by Gasteiger charge is 2.26. The Hall–Kier alpha value is -2.37. The maximum absolute atomic E-state index is 12.2. The predicted molar refractivity (Wildman–Crippen MR) is 88.9 cm³/mol. The normalized spacial score (nSPS) is 20.2. The SMILES string of the molecule is CC1CC(C(=O)NCc2ccccc2Oc2ccccc2)NN1. The molecule has 1 fully saturated rings. The third-order valence-corrected chi connectivity index (χ3v) is 3.81. The summed E-state index contributed by atoms with van der Waals surface area (Å²) in [4.78, 5) is 12.2. The molecular weight excluding hydrogens is 290 g/mol. The molecule has 1 heterocycles. The van der Waals surface area contributed by atoms with E-state index in [1.165, 1.54) is 0 Å². The second kappa shape index (κ2) is 7.26. The number of carbonyl (C=O) groups excluding carboxylic acids is 1. The van der Waals surface area contributed by atoms with Gasteiger partial charge in [0.1, 0.15) is 17.5 Å². The Morgan fingerprint density at radius 1 is 1.13 bits per heavy atom. The summed E-state index contributed by atoms with van der Waals surface area (Å²) >= 11 is 0. The second-order valence-electron chi connectivity index (χ2n) is 5.72. The van der Waals surface area contributed by atoms with Crippen molar-refractivity contribution in [3.63, 3.8) is 0 Å². The topological polar surface area (TPSA) is 62.4 Å². The smallest absolute Gasteiger partial charge is 0.238 e. The quantitative estimate of drug-likeness (QED) is 0.793. The van der Waals surface area contributed by atoms with Crippen LogP contribution in [0.3, 0.4) is 0 Å². The Morgan fingerprint density at radius 2 is 1.87 bits per heavy atom. The molecular formula is C18H21N3O2. The second-order valence-corrected chi connectivity index (χ2v) is 5.72. The van der Waals surface area contributed by atoms with E-state index in [0.29, 0.717) is 12.6 Å². The molecule has 0 aliphatic carbocycles. The molecule has 0 saturated carbocycles. The highest BCUT2D eigenvalue weighted by molar-refractivity contribution is 5.82. The van der Waals surface area contributed by atoms with Gasteiger partial charge < -0.3 is 10.1 Å². The van der Waals surface area contributed by atoms with Crippen molar-refractivity contribution in [2.75, 3.05) is 0 Å². The molecule has 2 atom stereocenters. The number of nitrogens with one attached hydrogen (secondary N) is 3. The molecule has 5 heteroatoms. The van der Waals surface area contributed by atoms with Gasteiger partial charge in [0.25, 0.3) is 0 Å². The summed E-state index contributed by atoms with van der Waals surface area (Å²) in [5.74, 6) is 1.53. The van der Waals surface area contributed by atoms with Gasteiger partial charge in [-0.3, -0.25) is 10.2 Å². The van der Waals surface area contributed by atoms with Gasteiger partial charge in [-0.15, -0.1) is 0 Å². The number of amides is 1. The van der Waals surface area contributed by atoms with Crippen LogP contribution in [0.5, 0.6) is 11.5 Å². The minimum atomic E-state index is -0.188. The monoisotopic (exact) mass is 311 g/mol. The number of ether oxygens (including phenoxy) is 1. The first-order valence-electron chi connectivity index (χ1n) is 7.82. The maximum Gasteiger partial charge on any atom is 0.238 e. The van der Waals surface area contributed by atoms with Crippen LogP contribution in [-0.4, -0.2) is 18.0 Å². The molecule has 1 saturated heterocycles. The molecule has 1 aliphatic heterocycles. The summed E-state index contributed by atoms with van der Waals surface area (Å²) in [6, 6.07) is 17.5. The Bertz CT molecular complexity index is 660. The van der Waals surface area contributed by atoms with E-state index < -0.39 is 0 Å². The van der Waals surface area contributed by atoms with Gasteiger partial charge >= 0.3 is 0 Å². The Morgan fingerprint density at radius 3 is 2.61 bits per heavy atom. The number of hydrogen-bond acceptors (Lipinski definition) is 4. The first kappa shape index (κ1) is 15.5. The highest BCUT2D eigenvalue weighted by Crippen LogP contribution is 2.24. The van der Waals surface area contributed by atoms with Gasteiger partial charge in [-0.05, 0) is 31.5 Å². The summed E-state index contributed by atoms with van der Waals surface area (Å²) in [7, 11) is 0. The number of benzene rings is 2. The molecule has 2 unspecified atom stereocenters. The zero-order valence-corrected chi connectivity index (χ0v) is 13.1. The fraction of sp³-hybridized carbons (Fsp3) is 0.278. The largest absolute Gasteiger partial charge is 0.457 e. The van der Waals surface area contributed by atoms with E-state index >= 15 is 0 Å². The molecule has 0 radical (unpaired) electrons. The lowest BCUT2D eigenvalue weighted by atomic mass is 10.1. The van der Waals surface area contributed by atoms with Gasteiger partial charge in [0.05, 0.1) is 0 Å². The molecule has 23 heavy (non-hydrogen) atoms. The fourth-order valence-corrected chi connectivity index (χ4v) is 2.56. The van der Waals surface area contributed by atoms with Crippen molar-refractivity contribution in [3.8, 4) is 11.5 Å². The first-order valence-corrected chi connectivity index (χ1v) is 7.82. The van der Waals surface area contributed by atoms with Gasteiger partial charge in [-0.2, -0.15) is 0 Å². The number of hydrazine groups is 1. The number of hydrogen-bond donors (Lipinski definition) is 3. The number of para-hydroxylation sites is 2. The predicted octanol–water partition coefficient (Wildman–Crippen LogP) is 2.35. The Labute approximate surface area is 136 Å². The van der Waals surface area contributed by atoms with Crippen molar-refractivity contribution >= 4 is 5.91 Å². The van der Waals surface area contributed by atoms with E-state index in [-0.39, 0.29) is 11.9 Å². The lowest BCUT2D eigenvalue weighted by Gasteiger charge is -2.14. The van der Waals surface area contributed by atoms with Gasteiger partial charge in [0, 0.05) is 18.2 Å². The summed E-state index contributed by atoms with van der Waals surface area (Å²) in [5, 5.41) is 2.97. The Kier molecular flexibility index (Phi) is 4.90. The summed E-state index contributed by atoms with van der Waals surface area (Å²) in [6.45, 7) is 2.48. The molecule has 3 rings (SSSR count). The van der Waals surface area contributed by atoms with Crippen molar-refractivity contribution < 1.29 is 9.53 Å². The van der Waals surface area contributed by atoms with Crippen LogP contribution in [0.4, 0.5) is 0 Å². The molecule has 5 nitrogen and oxygen atoms in total. The van der Waals surface area contributed by atoms with E-state index in [1.54, 1.807) is 0 Å². The lowest BCUT2D eigenvalue weighted by molar-refractivity contribution is -0.123. The highest BCUT2D eigenvalue weighted by atomic mass is 16.5. The average Bonchev–Trinajstić information content (AvgIpc) is 3.01. The minimum Gasteiger partial charge on any atom is -0.457 e. The van der Waals surface area contributed by atoms with Crippen LogP contribution in [0.2, 0.25) is 0 Å². The number of carbonyl (C=O) groups is 1. The Balaban J connectivity index is 1.63. The minimum absolute atomic E-state index is 0.00337. The molecule has 1 amide bonds. The van der Waals surface area contributed by atoms with Crippen molar-refractivity contribution in [1.29, 1.82) is 0 Å². The van der Waals surface area contributed by atoms with Crippen LogP contribution < -0.4 is 20.9 Å². The summed E-state index contributed by atoms with van der Waals surface area (Å²) in [5.41, 5.74) is 7.01. The molecule has 3 N–H and O–H groups in total. The van der Waals surface area contributed by atoms with Gasteiger partial charge in [0.15, 0.2) is 0 Å². The van der Waals surface area contributed by atoms with Crippen LogP contribution in [0.25, 0.3) is 0 Å². The van der Waals surface area contributed by atoms with Crippen LogP contribution in [0.15, 0.2) is 54.6 Å². The summed E-state index contributed by atoms with van der Waals surface area (Å²) in [6.07, 6.45) is 0.786. The van der Waals surface area contributed by atoms with Crippen LogP contribution in [-0.2, 0) is 11.3 Å². The van der Waals surface area contributed by atoms with Crippen molar-refractivity contribution in [2.24, 2.45) is 0 Å². The first-order chi connectivity index (χ1) is 11.2. The van der Waals surface area contributed by atoms with Crippen LogP contribution in [0, 0.1) is 0 Å². The third-order valence-electron chi connectivity index (χ3n) is 3.81. The molecule has 2 aromatic rings. The molecule has 2 aromatic carbocycles. The van der Waals surface area contributed by atoms with Crippen LogP contribution in [0.1, 0.15) is 18.9 Å². The molecule has 0 spiro atoms. The molecule has 0 aromatic heterocycles. The van der Waals surface area contributed by atoms with E-state index in [0.717, 1.165) is 23.5 Å². The number of rotatable bonds is 5. The molecule has 0 bridgehead atoms. The van der Waals surface area contributed by atoms with E-state index in [1.807, 2.05) is 61.5 Å². The van der Waals surface area contributed by atoms with Gasteiger partial charge in [-0.25, -0.2) is 5.43 Å². The molecule has 120 valence electrons. The van der Waals surface area contributed by atoms with Crippen molar-refractivity contribution in [3.05, 3.63) is 60.2 Å². The van der Waals surface area contributed by atoms with Gasteiger partial charge in [-0.1, -0.05) is 36.4 Å². The lowest BCUT2D eigenvalue weighted by Crippen LogP contribution is -2.43. The van der Waals surface area contributed by atoms with E-state index in [4.69, 9.17) is 4.74 Å². The zero-order valence-electron chi connectivity index (χ0n) is 13.1. The van der Waals surface area contributed by atoms with Crippen LogP contribution >= 0.6 is 0 Å². The van der Waals surface area contributed by atoms with Crippen molar-refractivity contribution in [1.82, 2.24) is 16.2 Å². The third kappa shape index (κ3) is 4.09. The van der Waals surface area contributed by atoms with Gasteiger partial charge in [0.2, 0.25) is 5.91 Å². The maximum atomic E-state index is 12.2. The summed E-state index contributed by atoms with van der Waals surface area (Å²) < 4.78 is 5.91. The zero-order chi connectivity index (χ0) is 16.1. The van der Waals surface area contributed by atoms with Crippen molar-refractivity contribution in [2.45, 2.75) is 32.0 Å². The van der Waals surface area contributed by atoms with E-state index in [2.05, 4.69) is 16.2 Å².